The highest BCUT2D eigenvalue weighted by atomic mass is 16.6. The van der Waals surface area contributed by atoms with E-state index in [1.54, 1.807) is 25.1 Å². The molecule has 0 amide bonds. The summed E-state index contributed by atoms with van der Waals surface area (Å²) < 4.78 is 0. The van der Waals surface area contributed by atoms with E-state index in [1.165, 1.54) is 0 Å². The van der Waals surface area contributed by atoms with Crippen molar-refractivity contribution in [1.29, 1.82) is 0 Å². The van der Waals surface area contributed by atoms with Gasteiger partial charge >= 0.3 is 0 Å². The van der Waals surface area contributed by atoms with E-state index < -0.39 is 0 Å². The van der Waals surface area contributed by atoms with Crippen LogP contribution in [0.1, 0.15) is 24.0 Å². The molecule has 0 saturated carbocycles. The molecule has 0 spiro atoms. The van der Waals surface area contributed by atoms with Crippen molar-refractivity contribution in [2.75, 3.05) is 0 Å². The summed E-state index contributed by atoms with van der Waals surface area (Å²) in [6.45, 7) is 7.29. The Bertz CT molecular complexity index is 372. The van der Waals surface area contributed by atoms with Crippen molar-refractivity contribution in [2.24, 2.45) is 0 Å². The number of nitro groups is 1. The number of aryl methyl sites for hydroxylation is 1. The van der Waals surface area contributed by atoms with E-state index in [2.05, 4.69) is 6.58 Å². The number of hydrogen-bond acceptors (Lipinski definition) is 2. The molecule has 0 aromatic heterocycles. The lowest BCUT2D eigenvalue weighted by Gasteiger charge is -2.08. The Morgan fingerprint density at radius 3 is 2.71 bits per heavy atom. The van der Waals surface area contributed by atoms with Crippen LogP contribution in [0.25, 0.3) is 0 Å². The number of nitro benzene ring substituents is 1. The van der Waals surface area contributed by atoms with E-state index in [0.717, 1.165) is 5.56 Å². The van der Waals surface area contributed by atoms with Crippen LogP contribution in [0.15, 0.2) is 30.9 Å². The van der Waals surface area contributed by atoms with Gasteiger partial charge in [-0.1, -0.05) is 31.2 Å². The van der Waals surface area contributed by atoms with Crippen LogP contribution < -0.4 is 0 Å². The molecule has 0 bridgehead atoms. The average molecular weight is 191 g/mol. The third-order valence-electron chi connectivity index (χ3n) is 2.30. The predicted molar refractivity (Wildman–Crippen MR) is 56.4 cm³/mol. The molecule has 1 aromatic carbocycles. The maximum absolute atomic E-state index is 10.8. The minimum absolute atomic E-state index is 0.00954. The number of benzene rings is 1. The third kappa shape index (κ3) is 1.82. The standard InChI is InChI=1S/C11H13NO2/c1-4-8(2)10-7-5-6-9(3)11(10)12(13)14/h4-8H,1H2,2-3H3. The maximum atomic E-state index is 10.8. The summed E-state index contributed by atoms with van der Waals surface area (Å²) in [6.07, 6.45) is 1.71. The summed E-state index contributed by atoms with van der Waals surface area (Å²) in [7, 11) is 0. The van der Waals surface area contributed by atoms with E-state index in [0.29, 0.717) is 5.56 Å². The largest absolute Gasteiger partial charge is 0.276 e. The summed E-state index contributed by atoms with van der Waals surface area (Å²) in [5.41, 5.74) is 1.63. The fourth-order valence-electron chi connectivity index (χ4n) is 1.43. The van der Waals surface area contributed by atoms with Crippen molar-refractivity contribution in [2.45, 2.75) is 19.8 Å². The first-order chi connectivity index (χ1) is 6.57. The first-order valence-electron chi connectivity index (χ1n) is 4.44. The van der Waals surface area contributed by atoms with Crippen molar-refractivity contribution in [1.82, 2.24) is 0 Å². The van der Waals surface area contributed by atoms with Crippen molar-refractivity contribution in [3.63, 3.8) is 0 Å². The Kier molecular flexibility index (Phi) is 3.02. The van der Waals surface area contributed by atoms with Gasteiger partial charge in [-0.05, 0) is 6.92 Å². The van der Waals surface area contributed by atoms with E-state index in [9.17, 15) is 10.1 Å². The zero-order valence-electron chi connectivity index (χ0n) is 8.36. The van der Waals surface area contributed by atoms with Crippen LogP contribution in [0, 0.1) is 17.0 Å². The van der Waals surface area contributed by atoms with E-state index >= 15 is 0 Å². The molecule has 0 N–H and O–H groups in total. The van der Waals surface area contributed by atoms with Crippen LogP contribution in [0.3, 0.4) is 0 Å². The van der Waals surface area contributed by atoms with Gasteiger partial charge in [0.2, 0.25) is 0 Å². The number of nitrogens with zero attached hydrogens (tertiary/aromatic N) is 1. The van der Waals surface area contributed by atoms with Gasteiger partial charge in [0.1, 0.15) is 0 Å². The molecule has 3 heteroatoms. The Balaban J connectivity index is 3.35. The smallest absolute Gasteiger partial charge is 0.258 e. The van der Waals surface area contributed by atoms with Gasteiger partial charge in [0, 0.05) is 17.0 Å². The van der Waals surface area contributed by atoms with Crippen LogP contribution in [0.2, 0.25) is 0 Å². The first kappa shape index (κ1) is 10.4. The van der Waals surface area contributed by atoms with Gasteiger partial charge in [-0.25, -0.2) is 0 Å². The highest BCUT2D eigenvalue weighted by Crippen LogP contribution is 2.29. The molecule has 0 heterocycles. The zero-order chi connectivity index (χ0) is 10.7. The lowest BCUT2D eigenvalue weighted by atomic mass is 9.97. The molecular formula is C11H13NO2. The summed E-state index contributed by atoms with van der Waals surface area (Å²) in [6, 6.07) is 5.35. The monoisotopic (exact) mass is 191 g/mol. The van der Waals surface area contributed by atoms with Crippen LogP contribution >= 0.6 is 0 Å². The number of para-hydroxylation sites is 1. The van der Waals surface area contributed by atoms with Gasteiger partial charge in [0.25, 0.3) is 5.69 Å². The molecule has 0 saturated heterocycles. The lowest BCUT2D eigenvalue weighted by Crippen LogP contribution is -1.99. The zero-order valence-corrected chi connectivity index (χ0v) is 8.36. The van der Waals surface area contributed by atoms with E-state index in [1.807, 2.05) is 13.0 Å². The molecule has 0 aliphatic carbocycles. The van der Waals surface area contributed by atoms with Gasteiger partial charge < -0.3 is 0 Å². The minimum Gasteiger partial charge on any atom is -0.258 e. The van der Waals surface area contributed by atoms with Gasteiger partial charge in [-0.2, -0.15) is 0 Å². The Morgan fingerprint density at radius 2 is 2.21 bits per heavy atom. The molecule has 3 nitrogen and oxygen atoms in total. The molecule has 1 aromatic rings. The van der Waals surface area contributed by atoms with Gasteiger partial charge in [0.05, 0.1) is 4.92 Å². The SMILES string of the molecule is C=CC(C)c1cccc(C)c1[N+](=O)[O-]. The topological polar surface area (TPSA) is 43.1 Å². The Morgan fingerprint density at radius 1 is 1.57 bits per heavy atom. The van der Waals surface area contributed by atoms with Gasteiger partial charge in [0.15, 0.2) is 0 Å². The van der Waals surface area contributed by atoms with E-state index in [4.69, 9.17) is 0 Å². The summed E-state index contributed by atoms with van der Waals surface area (Å²) in [5, 5.41) is 10.8. The second-order valence-corrected chi connectivity index (χ2v) is 3.29. The number of hydrogen-bond donors (Lipinski definition) is 0. The van der Waals surface area contributed by atoms with E-state index in [-0.39, 0.29) is 16.5 Å². The van der Waals surface area contributed by atoms with Crippen LogP contribution in [-0.2, 0) is 0 Å². The van der Waals surface area contributed by atoms with Crippen molar-refractivity contribution in [3.05, 3.63) is 52.1 Å². The summed E-state index contributed by atoms with van der Waals surface area (Å²) in [4.78, 5) is 10.5. The van der Waals surface area contributed by atoms with Crippen molar-refractivity contribution >= 4 is 5.69 Å². The van der Waals surface area contributed by atoms with Crippen molar-refractivity contribution in [3.8, 4) is 0 Å². The Hall–Kier alpha value is -1.64. The van der Waals surface area contributed by atoms with Gasteiger partial charge in [-0.15, -0.1) is 6.58 Å². The third-order valence-corrected chi connectivity index (χ3v) is 2.30. The molecular weight excluding hydrogens is 178 g/mol. The highest BCUT2D eigenvalue weighted by Gasteiger charge is 2.19. The van der Waals surface area contributed by atoms with Crippen LogP contribution in [-0.4, -0.2) is 4.92 Å². The number of allylic oxidation sites excluding steroid dienone is 1. The van der Waals surface area contributed by atoms with Gasteiger partial charge in [-0.3, -0.25) is 10.1 Å². The number of rotatable bonds is 3. The Labute approximate surface area is 83.2 Å². The molecule has 1 unspecified atom stereocenters. The predicted octanol–water partition coefficient (Wildman–Crippen LogP) is 3.19. The quantitative estimate of drug-likeness (QED) is 0.418. The second-order valence-electron chi connectivity index (χ2n) is 3.29. The van der Waals surface area contributed by atoms with Crippen LogP contribution in [0.4, 0.5) is 5.69 Å². The lowest BCUT2D eigenvalue weighted by molar-refractivity contribution is -0.386. The molecule has 0 aliphatic heterocycles. The highest BCUT2D eigenvalue weighted by molar-refractivity contribution is 5.49. The summed E-state index contributed by atoms with van der Waals surface area (Å²) >= 11 is 0. The molecule has 0 aliphatic rings. The molecule has 0 fully saturated rings. The molecule has 1 atom stereocenters. The molecule has 0 radical (unpaired) electrons. The van der Waals surface area contributed by atoms with Crippen molar-refractivity contribution < 1.29 is 4.92 Å². The minimum atomic E-state index is -0.329. The second kappa shape index (κ2) is 4.05. The normalized spacial score (nSPS) is 12.1. The first-order valence-corrected chi connectivity index (χ1v) is 4.44. The molecule has 74 valence electrons. The fourth-order valence-corrected chi connectivity index (χ4v) is 1.43. The average Bonchev–Trinajstić information content (AvgIpc) is 2.15. The molecule has 14 heavy (non-hydrogen) atoms. The summed E-state index contributed by atoms with van der Waals surface area (Å²) in [5.74, 6) is 0.00954. The fraction of sp³-hybridized carbons (Fsp3) is 0.273. The maximum Gasteiger partial charge on any atom is 0.276 e. The van der Waals surface area contributed by atoms with Crippen LogP contribution in [0.5, 0.6) is 0 Å². The molecule has 1 rings (SSSR count).